The van der Waals surface area contributed by atoms with Crippen molar-refractivity contribution in [3.63, 3.8) is 0 Å². The van der Waals surface area contributed by atoms with Gasteiger partial charge in [0.25, 0.3) is 0 Å². The van der Waals surface area contributed by atoms with Crippen molar-refractivity contribution in [2.75, 3.05) is 24.6 Å². The van der Waals surface area contributed by atoms with Gasteiger partial charge in [0, 0.05) is 30.9 Å². The summed E-state index contributed by atoms with van der Waals surface area (Å²) in [5, 5.41) is 6.47. The maximum absolute atomic E-state index is 11.8. The zero-order valence-corrected chi connectivity index (χ0v) is 18.7. The fraction of sp³-hybridized carbons (Fsp3) is 0.370. The predicted octanol–water partition coefficient (Wildman–Crippen LogP) is 5.18. The Labute approximate surface area is 185 Å². The zero-order valence-electron chi connectivity index (χ0n) is 18.7. The second kappa shape index (κ2) is 9.52. The van der Waals surface area contributed by atoms with Gasteiger partial charge in [-0.25, -0.2) is 0 Å². The van der Waals surface area contributed by atoms with Gasteiger partial charge in [-0.15, -0.1) is 0 Å². The number of fused-ring (bicyclic) bond motifs is 1. The van der Waals surface area contributed by atoms with Crippen LogP contribution in [0, 0.1) is 6.92 Å². The number of hydrogen-bond acceptors (Lipinski definition) is 4. The summed E-state index contributed by atoms with van der Waals surface area (Å²) in [4.78, 5) is 14.2. The molecule has 31 heavy (non-hydrogen) atoms. The van der Waals surface area contributed by atoms with Crippen LogP contribution in [0.1, 0.15) is 43.0 Å². The molecule has 0 radical (unpaired) electrons. The van der Waals surface area contributed by atoms with Crippen molar-refractivity contribution in [3.8, 4) is 0 Å². The van der Waals surface area contributed by atoms with Crippen LogP contribution in [-0.2, 0) is 16.0 Å². The van der Waals surface area contributed by atoms with Crippen LogP contribution in [0.25, 0.3) is 10.8 Å². The minimum absolute atomic E-state index is 0.164. The second-order valence-electron chi connectivity index (χ2n) is 8.49. The van der Waals surface area contributed by atoms with Crippen molar-refractivity contribution < 1.29 is 9.53 Å². The summed E-state index contributed by atoms with van der Waals surface area (Å²) < 4.78 is 5.07. The molecule has 1 fully saturated rings. The molecule has 3 aromatic carbocycles. The number of nitrogens with one attached hydrogen (secondary N) is 1. The molecule has 0 bridgehead atoms. The van der Waals surface area contributed by atoms with E-state index in [4.69, 9.17) is 4.74 Å². The number of ether oxygens (including phenoxy) is 1. The zero-order chi connectivity index (χ0) is 21.8. The van der Waals surface area contributed by atoms with E-state index in [1.165, 1.54) is 27.6 Å². The van der Waals surface area contributed by atoms with E-state index in [-0.39, 0.29) is 5.97 Å². The average molecular weight is 417 g/mol. The third kappa shape index (κ3) is 4.91. The first-order valence-electron chi connectivity index (χ1n) is 11.3. The molecular formula is C27H32N2O2. The van der Waals surface area contributed by atoms with E-state index in [1.807, 2.05) is 6.92 Å². The van der Waals surface area contributed by atoms with E-state index in [1.54, 1.807) is 0 Å². The Morgan fingerprint density at radius 1 is 1.16 bits per heavy atom. The number of nitrogens with zero attached hydrogens (tertiary/aromatic N) is 1. The Balaban J connectivity index is 1.41. The molecule has 0 saturated carbocycles. The molecular weight excluding hydrogens is 384 g/mol. The van der Waals surface area contributed by atoms with Gasteiger partial charge in [-0.1, -0.05) is 54.6 Å². The predicted molar refractivity (Wildman–Crippen MR) is 128 cm³/mol. The summed E-state index contributed by atoms with van der Waals surface area (Å²) in [5.41, 5.74) is 4.84. The molecule has 4 rings (SSSR count). The van der Waals surface area contributed by atoms with E-state index in [2.05, 4.69) is 84.7 Å². The van der Waals surface area contributed by atoms with Crippen LogP contribution in [0.4, 0.5) is 5.69 Å². The number of rotatable bonds is 7. The minimum Gasteiger partial charge on any atom is -0.466 e. The molecule has 162 valence electrons. The summed E-state index contributed by atoms with van der Waals surface area (Å²) in [5.74, 6) is -0.164. The van der Waals surface area contributed by atoms with E-state index in [0.29, 0.717) is 25.1 Å². The molecule has 3 aromatic rings. The summed E-state index contributed by atoms with van der Waals surface area (Å²) >= 11 is 0. The molecule has 0 spiro atoms. The molecule has 0 aromatic heterocycles. The molecule has 0 unspecified atom stereocenters. The monoisotopic (exact) mass is 416 g/mol. The molecule has 1 saturated heterocycles. The van der Waals surface area contributed by atoms with Gasteiger partial charge < -0.3 is 15.0 Å². The van der Waals surface area contributed by atoms with Gasteiger partial charge in [-0.3, -0.25) is 4.79 Å². The Morgan fingerprint density at radius 2 is 1.97 bits per heavy atom. The van der Waals surface area contributed by atoms with Crippen LogP contribution < -0.4 is 10.2 Å². The lowest BCUT2D eigenvalue weighted by molar-refractivity contribution is -0.142. The third-order valence-electron chi connectivity index (χ3n) is 6.22. The van der Waals surface area contributed by atoms with Crippen molar-refractivity contribution in [2.24, 2.45) is 0 Å². The first-order valence-corrected chi connectivity index (χ1v) is 11.3. The highest BCUT2D eigenvalue weighted by Gasteiger charge is 2.25. The maximum atomic E-state index is 11.8. The quantitative estimate of drug-likeness (QED) is 0.539. The summed E-state index contributed by atoms with van der Waals surface area (Å²) in [7, 11) is 0. The van der Waals surface area contributed by atoms with Crippen LogP contribution in [0.5, 0.6) is 0 Å². The van der Waals surface area contributed by atoms with Crippen LogP contribution >= 0.6 is 0 Å². The SMILES string of the molecule is CCOC(=O)Cc1ccc(N2CC[C@H](N[C@H](C)c3cccc4ccccc34)C2)c(C)c1. The van der Waals surface area contributed by atoms with E-state index in [9.17, 15) is 4.79 Å². The molecule has 2 atom stereocenters. The van der Waals surface area contributed by atoms with Gasteiger partial charge in [0.1, 0.15) is 0 Å². The molecule has 4 heteroatoms. The van der Waals surface area contributed by atoms with Crippen LogP contribution in [0.2, 0.25) is 0 Å². The van der Waals surface area contributed by atoms with Crippen molar-refractivity contribution in [1.82, 2.24) is 5.32 Å². The molecule has 1 heterocycles. The first-order chi connectivity index (χ1) is 15.0. The lowest BCUT2D eigenvalue weighted by atomic mass is 9.99. The third-order valence-corrected chi connectivity index (χ3v) is 6.22. The normalized spacial score (nSPS) is 17.1. The molecule has 1 aliphatic heterocycles. The number of carbonyl (C=O) groups excluding carboxylic acids is 1. The van der Waals surface area contributed by atoms with Gasteiger partial charge >= 0.3 is 5.97 Å². The van der Waals surface area contributed by atoms with E-state index < -0.39 is 0 Å². The maximum Gasteiger partial charge on any atom is 0.310 e. The smallest absolute Gasteiger partial charge is 0.310 e. The minimum atomic E-state index is -0.164. The highest BCUT2D eigenvalue weighted by molar-refractivity contribution is 5.86. The first kappa shape index (κ1) is 21.4. The van der Waals surface area contributed by atoms with Gasteiger partial charge in [0.2, 0.25) is 0 Å². The summed E-state index contributed by atoms with van der Waals surface area (Å²) in [6.45, 7) is 8.69. The summed E-state index contributed by atoms with van der Waals surface area (Å²) in [6.07, 6.45) is 1.46. The van der Waals surface area contributed by atoms with Crippen LogP contribution in [0.15, 0.2) is 60.7 Å². The number of carbonyl (C=O) groups is 1. The average Bonchev–Trinajstić information content (AvgIpc) is 3.21. The largest absolute Gasteiger partial charge is 0.466 e. The Kier molecular flexibility index (Phi) is 6.57. The van der Waals surface area contributed by atoms with E-state index in [0.717, 1.165) is 25.1 Å². The number of hydrogen-bond donors (Lipinski definition) is 1. The highest BCUT2D eigenvalue weighted by atomic mass is 16.5. The van der Waals surface area contributed by atoms with Crippen molar-refractivity contribution in [1.29, 1.82) is 0 Å². The fourth-order valence-electron chi connectivity index (χ4n) is 4.75. The Morgan fingerprint density at radius 3 is 2.77 bits per heavy atom. The molecule has 0 amide bonds. The van der Waals surface area contributed by atoms with Crippen LogP contribution in [-0.4, -0.2) is 31.7 Å². The van der Waals surface area contributed by atoms with Crippen molar-refractivity contribution in [3.05, 3.63) is 77.4 Å². The fourth-order valence-corrected chi connectivity index (χ4v) is 4.75. The van der Waals surface area contributed by atoms with Gasteiger partial charge in [-0.05, 0) is 60.7 Å². The number of benzene rings is 3. The van der Waals surface area contributed by atoms with Gasteiger partial charge in [-0.2, -0.15) is 0 Å². The topological polar surface area (TPSA) is 41.6 Å². The lowest BCUT2D eigenvalue weighted by Gasteiger charge is -2.24. The summed E-state index contributed by atoms with van der Waals surface area (Å²) in [6, 6.07) is 22.2. The van der Waals surface area contributed by atoms with Crippen molar-refractivity contribution in [2.45, 2.75) is 45.7 Å². The number of anilines is 1. The van der Waals surface area contributed by atoms with Crippen molar-refractivity contribution >= 4 is 22.4 Å². The standard InChI is InChI=1S/C27H32N2O2/c1-4-31-27(30)17-21-12-13-26(19(2)16-21)29-15-14-23(18-29)28-20(3)24-11-7-9-22-8-5-6-10-25(22)24/h5-13,16,20,23,28H,4,14-15,17-18H2,1-3H3/t20-,23+/m1/s1. The number of aryl methyl sites for hydroxylation is 1. The van der Waals surface area contributed by atoms with Crippen LogP contribution in [0.3, 0.4) is 0 Å². The Bertz CT molecular complexity index is 1060. The molecule has 1 N–H and O–H groups in total. The molecule has 4 nitrogen and oxygen atoms in total. The van der Waals surface area contributed by atoms with Gasteiger partial charge in [0.05, 0.1) is 13.0 Å². The Hall–Kier alpha value is -2.85. The lowest BCUT2D eigenvalue weighted by Crippen LogP contribution is -2.34. The second-order valence-corrected chi connectivity index (χ2v) is 8.49. The molecule has 1 aliphatic rings. The van der Waals surface area contributed by atoms with Gasteiger partial charge in [0.15, 0.2) is 0 Å². The van der Waals surface area contributed by atoms with E-state index >= 15 is 0 Å². The number of esters is 1. The highest BCUT2D eigenvalue weighted by Crippen LogP contribution is 2.28. The molecule has 0 aliphatic carbocycles.